The van der Waals surface area contributed by atoms with Gasteiger partial charge in [-0.2, -0.15) is 15.1 Å². The highest BCUT2D eigenvalue weighted by atomic mass is 35.5. The van der Waals surface area contributed by atoms with Crippen molar-refractivity contribution in [2.75, 3.05) is 58.4 Å². The number of aromatic nitrogens is 4. The Hall–Kier alpha value is -1.94. The first-order chi connectivity index (χ1) is 22.5. The number of methoxy groups -OCH3 is 1. The fraction of sp³-hybridized carbons (Fsp3) is 0.806. The molecule has 17 heteroatoms. The molecular weight excluding hydrogens is 669 g/mol. The van der Waals surface area contributed by atoms with Crippen LogP contribution in [0.3, 0.4) is 0 Å². The van der Waals surface area contributed by atoms with E-state index in [9.17, 15) is 14.5 Å². The average Bonchev–Trinajstić information content (AvgIpc) is 3.76. The fourth-order valence-electron chi connectivity index (χ4n) is 6.35. The summed E-state index contributed by atoms with van der Waals surface area (Å²) in [4.78, 5) is 24.2. The zero-order valence-electron chi connectivity index (χ0n) is 29.0. The first-order valence-corrected chi connectivity index (χ1v) is 19.3. The van der Waals surface area contributed by atoms with E-state index in [-0.39, 0.29) is 31.1 Å². The number of aliphatic hydroxyl groups is 1. The van der Waals surface area contributed by atoms with E-state index in [0.29, 0.717) is 23.5 Å². The van der Waals surface area contributed by atoms with E-state index in [1.54, 1.807) is 50.1 Å². The first-order valence-electron chi connectivity index (χ1n) is 16.3. The zero-order chi connectivity index (χ0) is 35.1. The third-order valence-corrected chi connectivity index (χ3v) is 11.3. The minimum absolute atomic E-state index is 0.0768. The van der Waals surface area contributed by atoms with Crippen LogP contribution in [-0.4, -0.2) is 126 Å². The number of halogens is 1. The second-order valence-corrected chi connectivity index (χ2v) is 18.2. The van der Waals surface area contributed by atoms with Crippen LogP contribution in [0.4, 0.5) is 10.6 Å². The van der Waals surface area contributed by atoms with Gasteiger partial charge in [-0.3, -0.25) is 4.90 Å². The molecule has 1 saturated carbocycles. The van der Waals surface area contributed by atoms with Crippen LogP contribution in [0.25, 0.3) is 11.0 Å². The van der Waals surface area contributed by atoms with Crippen LogP contribution in [0.5, 0.6) is 0 Å². The van der Waals surface area contributed by atoms with E-state index in [2.05, 4.69) is 15.1 Å². The Kier molecular flexibility index (Phi) is 11.2. The van der Waals surface area contributed by atoms with Crippen LogP contribution in [0, 0.1) is 0 Å². The highest BCUT2D eigenvalue weighted by Gasteiger charge is 2.57. The largest absolute Gasteiger partial charge is 0.443 e. The summed E-state index contributed by atoms with van der Waals surface area (Å²) in [6.07, 6.45) is 1.77. The predicted octanol–water partition coefficient (Wildman–Crippen LogP) is 4.57. The Morgan fingerprint density at radius 2 is 1.85 bits per heavy atom. The fourth-order valence-corrected chi connectivity index (χ4v) is 7.64. The molecular formula is C31H49ClN5O10P. The Balaban J connectivity index is 1.47. The quantitative estimate of drug-likeness (QED) is 0.174. The molecule has 2 aromatic heterocycles. The number of anilines is 1. The first kappa shape index (κ1) is 37.3. The van der Waals surface area contributed by atoms with Gasteiger partial charge in [0.1, 0.15) is 31.1 Å². The Labute approximate surface area is 286 Å². The molecule has 0 bridgehead atoms. The number of aliphatic hydroxyl groups excluding tert-OH is 1. The number of carbonyl (C=O) groups excluding carboxylic acids is 1. The predicted molar refractivity (Wildman–Crippen MR) is 177 cm³/mol. The lowest BCUT2D eigenvalue weighted by Gasteiger charge is -2.36. The van der Waals surface area contributed by atoms with Crippen LogP contribution in [-0.2, 0) is 37.7 Å². The van der Waals surface area contributed by atoms with E-state index >= 15 is 0 Å². The number of nitrogens with zero attached hydrogens (tertiary/aromatic N) is 5. The SMILES string of the molecule is COCCOCC(CO)(OC[C@H]1O[C@@H](n2ncc3c(N(C(=O)OC(C)(C)C)C4CCCC4)nc(Cl)nc32)[C@@H]2OC(C)(C)O[C@@H]21)P(C)(C)=O. The molecule has 1 aliphatic carbocycles. The van der Waals surface area contributed by atoms with Crippen LogP contribution in [0.2, 0.25) is 5.28 Å². The zero-order valence-corrected chi connectivity index (χ0v) is 30.7. The van der Waals surface area contributed by atoms with Crippen molar-refractivity contribution in [3.8, 4) is 0 Å². The average molecular weight is 718 g/mol. The number of carbonyl (C=O) groups is 1. The Morgan fingerprint density at radius 3 is 2.48 bits per heavy atom. The molecule has 1 N–H and O–H groups in total. The molecule has 2 aromatic rings. The summed E-state index contributed by atoms with van der Waals surface area (Å²) < 4.78 is 56.9. The number of ether oxygens (including phenoxy) is 7. The van der Waals surface area contributed by atoms with Crippen molar-refractivity contribution >= 4 is 41.7 Å². The van der Waals surface area contributed by atoms with Crippen molar-refractivity contribution in [3.63, 3.8) is 0 Å². The summed E-state index contributed by atoms with van der Waals surface area (Å²) in [5.74, 6) is -0.660. The molecule has 270 valence electrons. The van der Waals surface area contributed by atoms with Crippen molar-refractivity contribution in [1.82, 2.24) is 19.7 Å². The molecule has 0 spiro atoms. The molecule has 5 rings (SSSR count). The second-order valence-electron chi connectivity index (χ2n) is 14.4. The van der Waals surface area contributed by atoms with E-state index < -0.39 is 61.1 Å². The lowest BCUT2D eigenvalue weighted by atomic mass is 10.1. The maximum Gasteiger partial charge on any atom is 0.416 e. The molecule has 1 unspecified atom stereocenters. The number of hydrogen-bond acceptors (Lipinski definition) is 13. The van der Waals surface area contributed by atoms with Crippen molar-refractivity contribution in [1.29, 1.82) is 0 Å². The van der Waals surface area contributed by atoms with Crippen LogP contribution >= 0.6 is 18.7 Å². The topological polar surface area (TPSA) is 166 Å². The summed E-state index contributed by atoms with van der Waals surface area (Å²) in [5.41, 5.74) is -0.393. The van der Waals surface area contributed by atoms with Crippen LogP contribution in [0.1, 0.15) is 66.5 Å². The molecule has 15 nitrogen and oxygen atoms in total. The Bertz CT molecular complexity index is 1490. The number of hydrogen-bond donors (Lipinski definition) is 1. The van der Waals surface area contributed by atoms with Gasteiger partial charge >= 0.3 is 6.09 Å². The minimum atomic E-state index is -3.07. The van der Waals surface area contributed by atoms with E-state index in [1.165, 1.54) is 0 Å². The molecule has 2 aliphatic heterocycles. The number of fused-ring (bicyclic) bond motifs is 2. The van der Waals surface area contributed by atoms with Gasteiger partial charge in [0, 0.05) is 13.2 Å². The van der Waals surface area contributed by atoms with Crippen molar-refractivity contribution in [2.45, 2.75) is 108 Å². The van der Waals surface area contributed by atoms with Gasteiger partial charge in [0.05, 0.1) is 44.6 Å². The smallest absolute Gasteiger partial charge is 0.416 e. The summed E-state index contributed by atoms with van der Waals surface area (Å²) in [5, 5.41) is 14.0. The van der Waals surface area contributed by atoms with Gasteiger partial charge in [-0.15, -0.1) is 0 Å². The molecule has 48 heavy (non-hydrogen) atoms. The van der Waals surface area contributed by atoms with Crippen molar-refractivity contribution in [3.05, 3.63) is 11.5 Å². The second kappa shape index (κ2) is 14.4. The van der Waals surface area contributed by atoms with Gasteiger partial charge in [-0.25, -0.2) is 9.48 Å². The van der Waals surface area contributed by atoms with Gasteiger partial charge < -0.3 is 42.8 Å². The molecule has 5 atom stereocenters. The molecule has 0 radical (unpaired) electrons. The van der Waals surface area contributed by atoms with Crippen LogP contribution in [0.15, 0.2) is 6.20 Å². The third kappa shape index (κ3) is 7.84. The van der Waals surface area contributed by atoms with Crippen molar-refractivity contribution < 1.29 is 47.6 Å². The van der Waals surface area contributed by atoms with Gasteiger partial charge in [-0.1, -0.05) is 12.8 Å². The van der Waals surface area contributed by atoms with E-state index in [1.807, 2.05) is 20.8 Å². The van der Waals surface area contributed by atoms with Gasteiger partial charge in [0.2, 0.25) is 5.28 Å². The normalized spacial score (nSPS) is 25.8. The molecule has 1 amide bonds. The maximum atomic E-state index is 13.6. The number of rotatable bonds is 13. The lowest BCUT2D eigenvalue weighted by molar-refractivity contribution is -0.208. The minimum Gasteiger partial charge on any atom is -0.443 e. The highest BCUT2D eigenvalue weighted by molar-refractivity contribution is 7.63. The summed E-state index contributed by atoms with van der Waals surface area (Å²) in [7, 11) is -1.52. The molecule has 4 heterocycles. The van der Waals surface area contributed by atoms with Gasteiger partial charge in [-0.05, 0) is 72.4 Å². The molecule has 0 aromatic carbocycles. The molecule has 3 fully saturated rings. The van der Waals surface area contributed by atoms with E-state index in [0.717, 1.165) is 25.7 Å². The summed E-state index contributed by atoms with van der Waals surface area (Å²) in [6, 6.07) is -0.128. The molecule has 3 aliphatic rings. The lowest BCUT2D eigenvalue weighted by Crippen LogP contribution is -2.45. The van der Waals surface area contributed by atoms with Crippen molar-refractivity contribution in [2.24, 2.45) is 0 Å². The summed E-state index contributed by atoms with van der Waals surface area (Å²) >= 11 is 6.52. The molecule has 2 saturated heterocycles. The van der Waals surface area contributed by atoms with Gasteiger partial charge in [0.15, 0.2) is 28.8 Å². The third-order valence-electron chi connectivity index (χ3n) is 8.79. The van der Waals surface area contributed by atoms with E-state index in [4.69, 9.17) is 44.8 Å². The standard InChI is InChI=1S/C31H49ClN5O10P/c1-29(2,3)47-28(39)36(19-11-9-10-12-19)24-20-15-33-37(25(20)35-27(32)34-24)26-23-22(45-30(4,5)46-23)21(44-26)16-43-31(17-38,48(7,8)40)18-42-14-13-41-6/h15,19,21-23,26,38H,9-14,16-18H2,1-8H3/t21-,22-,23-,26-,31?/m1/s1. The summed E-state index contributed by atoms with van der Waals surface area (Å²) in [6.45, 7) is 12.0. The monoisotopic (exact) mass is 717 g/mol. The highest BCUT2D eigenvalue weighted by Crippen LogP contribution is 2.53. The van der Waals surface area contributed by atoms with Crippen LogP contribution < -0.4 is 4.90 Å². The Morgan fingerprint density at radius 1 is 1.17 bits per heavy atom. The number of amides is 1. The van der Waals surface area contributed by atoms with Gasteiger partial charge in [0.25, 0.3) is 0 Å². The maximum absolute atomic E-state index is 13.6.